The molecule has 0 unspecified atom stereocenters. The molecule has 3 aromatic rings. The second-order valence-electron chi connectivity index (χ2n) is 3.84. The van der Waals surface area contributed by atoms with Gasteiger partial charge in [0.05, 0.1) is 10.6 Å². The van der Waals surface area contributed by atoms with E-state index in [2.05, 4.69) is 23.6 Å². The SMILES string of the molecule is NCc1sc(-c2ccccc2)nc1-c1cccs1. The van der Waals surface area contributed by atoms with Gasteiger partial charge in [-0.2, -0.15) is 0 Å². The van der Waals surface area contributed by atoms with Gasteiger partial charge >= 0.3 is 0 Å². The number of thiophene rings is 1. The molecule has 0 saturated heterocycles. The Morgan fingerprint density at radius 2 is 1.89 bits per heavy atom. The van der Waals surface area contributed by atoms with Crippen LogP contribution in [0, 0.1) is 0 Å². The fourth-order valence-electron chi connectivity index (χ4n) is 1.80. The predicted molar refractivity (Wildman–Crippen MR) is 78.8 cm³/mol. The van der Waals surface area contributed by atoms with Crippen LogP contribution >= 0.6 is 22.7 Å². The Balaban J connectivity index is 2.09. The maximum absolute atomic E-state index is 5.82. The number of thiazole rings is 1. The van der Waals surface area contributed by atoms with Crippen molar-refractivity contribution in [1.29, 1.82) is 0 Å². The Kier molecular flexibility index (Phi) is 3.23. The molecule has 0 amide bonds. The van der Waals surface area contributed by atoms with Gasteiger partial charge in [-0.25, -0.2) is 4.98 Å². The van der Waals surface area contributed by atoms with Gasteiger partial charge in [-0.05, 0) is 11.4 Å². The molecule has 3 rings (SSSR count). The highest BCUT2D eigenvalue weighted by molar-refractivity contribution is 7.17. The summed E-state index contributed by atoms with van der Waals surface area (Å²) in [5.41, 5.74) is 8.01. The van der Waals surface area contributed by atoms with Crippen LogP contribution in [-0.4, -0.2) is 4.98 Å². The molecular formula is C14H12N2S2. The zero-order chi connectivity index (χ0) is 12.4. The maximum Gasteiger partial charge on any atom is 0.124 e. The van der Waals surface area contributed by atoms with Crippen molar-refractivity contribution in [3.8, 4) is 21.1 Å². The Labute approximate surface area is 114 Å². The second-order valence-corrected chi connectivity index (χ2v) is 5.87. The molecule has 2 heterocycles. The van der Waals surface area contributed by atoms with Crippen LogP contribution in [0.4, 0.5) is 0 Å². The normalized spacial score (nSPS) is 10.7. The van der Waals surface area contributed by atoms with E-state index >= 15 is 0 Å². The van der Waals surface area contributed by atoms with E-state index in [1.165, 1.54) is 4.88 Å². The van der Waals surface area contributed by atoms with Gasteiger partial charge in [0.15, 0.2) is 0 Å². The summed E-state index contributed by atoms with van der Waals surface area (Å²) in [6, 6.07) is 14.4. The quantitative estimate of drug-likeness (QED) is 0.782. The molecule has 0 aliphatic rings. The first-order chi connectivity index (χ1) is 8.88. The van der Waals surface area contributed by atoms with Gasteiger partial charge < -0.3 is 5.73 Å². The lowest BCUT2D eigenvalue weighted by Gasteiger charge is -1.94. The fraction of sp³-hybridized carbons (Fsp3) is 0.0714. The summed E-state index contributed by atoms with van der Waals surface area (Å²) in [6.45, 7) is 0.539. The molecule has 1 aromatic carbocycles. The van der Waals surface area contributed by atoms with E-state index in [-0.39, 0.29) is 0 Å². The predicted octanol–water partition coefficient (Wildman–Crippen LogP) is 4.00. The smallest absolute Gasteiger partial charge is 0.124 e. The van der Waals surface area contributed by atoms with Crippen molar-refractivity contribution in [3.05, 3.63) is 52.7 Å². The minimum absolute atomic E-state index is 0.539. The Morgan fingerprint density at radius 3 is 2.56 bits per heavy atom. The molecule has 2 nitrogen and oxygen atoms in total. The van der Waals surface area contributed by atoms with Crippen LogP contribution in [0.1, 0.15) is 4.88 Å². The summed E-state index contributed by atoms with van der Waals surface area (Å²) in [7, 11) is 0. The highest BCUT2D eigenvalue weighted by Gasteiger charge is 2.13. The van der Waals surface area contributed by atoms with E-state index < -0.39 is 0 Å². The zero-order valence-electron chi connectivity index (χ0n) is 9.67. The van der Waals surface area contributed by atoms with Crippen molar-refractivity contribution >= 4 is 22.7 Å². The molecule has 0 aliphatic carbocycles. The number of hydrogen-bond acceptors (Lipinski definition) is 4. The molecule has 2 N–H and O–H groups in total. The molecule has 90 valence electrons. The summed E-state index contributed by atoms with van der Waals surface area (Å²) in [6.07, 6.45) is 0. The Morgan fingerprint density at radius 1 is 1.06 bits per heavy atom. The van der Waals surface area contributed by atoms with Gasteiger partial charge in [0.1, 0.15) is 5.01 Å². The molecule has 0 spiro atoms. The third-order valence-corrected chi connectivity index (χ3v) is 4.66. The van der Waals surface area contributed by atoms with E-state index in [1.54, 1.807) is 22.7 Å². The first kappa shape index (κ1) is 11.6. The largest absolute Gasteiger partial charge is 0.326 e. The van der Waals surface area contributed by atoms with E-state index in [4.69, 9.17) is 10.7 Å². The van der Waals surface area contributed by atoms with Crippen LogP contribution in [0.5, 0.6) is 0 Å². The lowest BCUT2D eigenvalue weighted by Crippen LogP contribution is -1.94. The Bertz CT molecular complexity index is 627. The van der Waals surface area contributed by atoms with E-state index in [0.29, 0.717) is 6.54 Å². The molecule has 0 saturated carbocycles. The zero-order valence-corrected chi connectivity index (χ0v) is 11.3. The van der Waals surface area contributed by atoms with Crippen molar-refractivity contribution < 1.29 is 0 Å². The third kappa shape index (κ3) is 2.10. The minimum Gasteiger partial charge on any atom is -0.326 e. The van der Waals surface area contributed by atoms with Gasteiger partial charge in [-0.3, -0.25) is 0 Å². The average Bonchev–Trinajstić information content (AvgIpc) is 3.08. The van der Waals surface area contributed by atoms with Crippen molar-refractivity contribution in [2.45, 2.75) is 6.54 Å². The maximum atomic E-state index is 5.82. The van der Waals surface area contributed by atoms with Gasteiger partial charge in [0.25, 0.3) is 0 Å². The molecule has 0 bridgehead atoms. The number of hydrogen-bond donors (Lipinski definition) is 1. The van der Waals surface area contributed by atoms with E-state index in [1.807, 2.05) is 24.3 Å². The van der Waals surface area contributed by atoms with Gasteiger partial charge in [0.2, 0.25) is 0 Å². The first-order valence-electron chi connectivity index (χ1n) is 5.67. The molecule has 4 heteroatoms. The van der Waals surface area contributed by atoms with Crippen LogP contribution in [0.25, 0.3) is 21.1 Å². The second kappa shape index (κ2) is 5.02. The van der Waals surface area contributed by atoms with Crippen LogP contribution in [0.3, 0.4) is 0 Å². The molecule has 0 fully saturated rings. The monoisotopic (exact) mass is 272 g/mol. The van der Waals surface area contributed by atoms with Crippen LogP contribution < -0.4 is 5.73 Å². The minimum atomic E-state index is 0.539. The lowest BCUT2D eigenvalue weighted by atomic mass is 10.2. The average molecular weight is 272 g/mol. The van der Waals surface area contributed by atoms with Crippen molar-refractivity contribution in [2.75, 3.05) is 0 Å². The molecule has 0 radical (unpaired) electrons. The fourth-order valence-corrected chi connectivity index (χ4v) is 3.57. The van der Waals surface area contributed by atoms with E-state index in [9.17, 15) is 0 Å². The molecular weight excluding hydrogens is 260 g/mol. The Hall–Kier alpha value is -1.49. The highest BCUT2D eigenvalue weighted by atomic mass is 32.1. The summed E-state index contributed by atoms with van der Waals surface area (Å²) in [4.78, 5) is 7.08. The van der Waals surface area contributed by atoms with Crippen LogP contribution in [-0.2, 0) is 6.54 Å². The lowest BCUT2D eigenvalue weighted by molar-refractivity contribution is 1.10. The summed E-state index contributed by atoms with van der Waals surface area (Å²) in [5.74, 6) is 0. The first-order valence-corrected chi connectivity index (χ1v) is 7.37. The molecule has 2 aromatic heterocycles. The summed E-state index contributed by atoms with van der Waals surface area (Å²) in [5, 5.41) is 3.11. The van der Waals surface area contributed by atoms with Gasteiger partial charge in [-0.1, -0.05) is 36.4 Å². The van der Waals surface area contributed by atoms with Gasteiger partial charge in [0, 0.05) is 17.0 Å². The van der Waals surface area contributed by atoms with Crippen LogP contribution in [0.2, 0.25) is 0 Å². The van der Waals surface area contributed by atoms with Gasteiger partial charge in [-0.15, -0.1) is 22.7 Å². The van der Waals surface area contributed by atoms with E-state index in [0.717, 1.165) is 21.1 Å². The standard InChI is InChI=1S/C14H12N2S2/c15-9-12-13(11-7-4-8-17-11)16-14(18-12)10-5-2-1-3-6-10/h1-8H,9,15H2. The summed E-state index contributed by atoms with van der Waals surface area (Å²) < 4.78 is 0. The highest BCUT2D eigenvalue weighted by Crippen LogP contribution is 2.35. The van der Waals surface area contributed by atoms with Crippen LogP contribution in [0.15, 0.2) is 47.8 Å². The van der Waals surface area contributed by atoms with Crippen molar-refractivity contribution in [1.82, 2.24) is 4.98 Å². The number of nitrogens with two attached hydrogens (primary N) is 1. The topological polar surface area (TPSA) is 38.9 Å². The number of rotatable bonds is 3. The molecule has 0 aliphatic heterocycles. The molecule has 0 atom stereocenters. The van der Waals surface area contributed by atoms with Crippen molar-refractivity contribution in [2.24, 2.45) is 5.73 Å². The third-order valence-electron chi connectivity index (χ3n) is 2.66. The number of nitrogens with zero attached hydrogens (tertiary/aromatic N) is 1. The molecule has 18 heavy (non-hydrogen) atoms. The number of aromatic nitrogens is 1. The number of benzene rings is 1. The van der Waals surface area contributed by atoms with Crippen molar-refractivity contribution in [3.63, 3.8) is 0 Å². The summed E-state index contributed by atoms with van der Waals surface area (Å²) >= 11 is 3.38.